The summed E-state index contributed by atoms with van der Waals surface area (Å²) >= 11 is 0. The highest BCUT2D eigenvalue weighted by Crippen LogP contribution is 2.42. The Morgan fingerprint density at radius 3 is 2.57 bits per heavy atom. The summed E-state index contributed by atoms with van der Waals surface area (Å²) in [6, 6.07) is 16.7. The highest BCUT2D eigenvalue weighted by Gasteiger charge is 2.30. The van der Waals surface area contributed by atoms with Gasteiger partial charge in [-0.2, -0.15) is 0 Å². The molecule has 3 heteroatoms. The van der Waals surface area contributed by atoms with Crippen LogP contribution in [0.25, 0.3) is 0 Å². The lowest BCUT2D eigenvalue weighted by atomic mass is 9.92. The summed E-state index contributed by atoms with van der Waals surface area (Å²) in [5, 5.41) is 3.56. The number of methoxy groups -OCH3 is 1. The van der Waals surface area contributed by atoms with E-state index >= 15 is 0 Å². The molecule has 2 atom stereocenters. The lowest BCUT2D eigenvalue weighted by Gasteiger charge is -2.33. The van der Waals surface area contributed by atoms with Gasteiger partial charge in [0.2, 0.25) is 0 Å². The van der Waals surface area contributed by atoms with Crippen LogP contribution < -0.4 is 14.8 Å². The normalized spacial score (nSPS) is 20.5. The first-order valence-corrected chi connectivity index (χ1v) is 7.45. The Hall–Kier alpha value is -2.00. The number of fused-ring (bicyclic) bond motifs is 1. The molecule has 110 valence electrons. The van der Waals surface area contributed by atoms with Crippen molar-refractivity contribution in [2.24, 2.45) is 0 Å². The second kappa shape index (κ2) is 6.19. The number of para-hydroxylation sites is 2. The fourth-order valence-electron chi connectivity index (χ4n) is 2.98. The van der Waals surface area contributed by atoms with E-state index in [9.17, 15) is 0 Å². The van der Waals surface area contributed by atoms with Gasteiger partial charge in [-0.05, 0) is 18.7 Å². The Balaban J connectivity index is 1.96. The molecule has 1 heterocycles. The molecule has 0 saturated heterocycles. The topological polar surface area (TPSA) is 30.5 Å². The molecule has 3 rings (SSSR count). The van der Waals surface area contributed by atoms with Crippen molar-refractivity contribution in [2.75, 3.05) is 13.7 Å². The van der Waals surface area contributed by atoms with Crippen molar-refractivity contribution in [1.29, 1.82) is 0 Å². The minimum Gasteiger partial charge on any atom is -0.496 e. The molecule has 2 aromatic carbocycles. The van der Waals surface area contributed by atoms with Crippen LogP contribution in [0.4, 0.5) is 0 Å². The molecule has 0 fully saturated rings. The van der Waals surface area contributed by atoms with E-state index in [1.54, 1.807) is 7.11 Å². The Labute approximate surface area is 125 Å². The van der Waals surface area contributed by atoms with Crippen LogP contribution in [0.15, 0.2) is 48.5 Å². The van der Waals surface area contributed by atoms with E-state index in [0.29, 0.717) is 6.04 Å². The van der Waals surface area contributed by atoms with Gasteiger partial charge in [-0.15, -0.1) is 0 Å². The van der Waals surface area contributed by atoms with Gasteiger partial charge in [0.25, 0.3) is 0 Å². The molecule has 0 radical (unpaired) electrons. The minimum atomic E-state index is 0.0140. The van der Waals surface area contributed by atoms with Crippen molar-refractivity contribution in [3.05, 3.63) is 59.7 Å². The van der Waals surface area contributed by atoms with Crippen LogP contribution in [0, 0.1) is 0 Å². The fraction of sp³-hybridized carbons (Fsp3) is 0.333. The number of hydrogen-bond acceptors (Lipinski definition) is 3. The molecule has 1 aliphatic heterocycles. The first kappa shape index (κ1) is 14.0. The first-order chi connectivity index (χ1) is 10.3. The third-order valence-corrected chi connectivity index (χ3v) is 3.95. The average molecular weight is 283 g/mol. The van der Waals surface area contributed by atoms with E-state index < -0.39 is 0 Å². The quantitative estimate of drug-likeness (QED) is 0.924. The molecule has 21 heavy (non-hydrogen) atoms. The number of nitrogens with one attached hydrogen (secondary N) is 1. The van der Waals surface area contributed by atoms with E-state index in [1.165, 1.54) is 5.56 Å². The lowest BCUT2D eigenvalue weighted by Crippen LogP contribution is -2.29. The Morgan fingerprint density at radius 1 is 1.10 bits per heavy atom. The van der Waals surface area contributed by atoms with Gasteiger partial charge < -0.3 is 14.8 Å². The van der Waals surface area contributed by atoms with Gasteiger partial charge in [0, 0.05) is 23.6 Å². The van der Waals surface area contributed by atoms with Gasteiger partial charge in [0.15, 0.2) is 0 Å². The van der Waals surface area contributed by atoms with Crippen molar-refractivity contribution in [1.82, 2.24) is 5.32 Å². The molecule has 1 N–H and O–H groups in total. The molecule has 3 nitrogen and oxygen atoms in total. The fourth-order valence-corrected chi connectivity index (χ4v) is 2.98. The molecule has 1 aliphatic rings. The van der Waals surface area contributed by atoms with Crippen LogP contribution in [0.5, 0.6) is 11.5 Å². The Morgan fingerprint density at radius 2 is 1.81 bits per heavy atom. The Bertz CT molecular complexity index is 612. The highest BCUT2D eigenvalue weighted by molar-refractivity contribution is 5.42. The largest absolute Gasteiger partial charge is 0.496 e. The third kappa shape index (κ3) is 2.74. The summed E-state index contributed by atoms with van der Waals surface area (Å²) in [6.07, 6.45) is 0.922. The van der Waals surface area contributed by atoms with E-state index in [4.69, 9.17) is 9.47 Å². The maximum absolute atomic E-state index is 6.22. The predicted octanol–water partition coefficient (Wildman–Crippen LogP) is 3.87. The molecule has 0 aromatic heterocycles. The van der Waals surface area contributed by atoms with Gasteiger partial charge in [-0.1, -0.05) is 43.3 Å². The zero-order chi connectivity index (χ0) is 14.7. The summed E-state index contributed by atoms with van der Waals surface area (Å²) < 4.78 is 11.7. The molecule has 2 unspecified atom stereocenters. The van der Waals surface area contributed by atoms with Crippen molar-refractivity contribution >= 4 is 0 Å². The highest BCUT2D eigenvalue weighted by atomic mass is 16.5. The van der Waals surface area contributed by atoms with E-state index in [1.807, 2.05) is 30.3 Å². The summed E-state index contributed by atoms with van der Waals surface area (Å²) in [7, 11) is 1.71. The van der Waals surface area contributed by atoms with Gasteiger partial charge in [0.05, 0.1) is 7.11 Å². The molecular weight excluding hydrogens is 262 g/mol. The van der Waals surface area contributed by atoms with E-state index in [0.717, 1.165) is 30.0 Å². The van der Waals surface area contributed by atoms with Crippen LogP contribution in [-0.2, 0) is 0 Å². The maximum Gasteiger partial charge on any atom is 0.129 e. The van der Waals surface area contributed by atoms with Crippen LogP contribution in [0.1, 0.15) is 36.6 Å². The van der Waals surface area contributed by atoms with Gasteiger partial charge in [-0.3, -0.25) is 0 Å². The smallest absolute Gasteiger partial charge is 0.129 e. The summed E-state index contributed by atoms with van der Waals surface area (Å²) in [6.45, 7) is 3.08. The van der Waals surface area contributed by atoms with E-state index in [2.05, 4.69) is 30.4 Å². The molecular formula is C18H21NO2. The zero-order valence-electron chi connectivity index (χ0n) is 12.5. The van der Waals surface area contributed by atoms with Crippen LogP contribution in [0.3, 0.4) is 0 Å². The predicted molar refractivity (Wildman–Crippen MR) is 83.8 cm³/mol. The monoisotopic (exact) mass is 283 g/mol. The van der Waals surface area contributed by atoms with Crippen molar-refractivity contribution in [3.8, 4) is 11.5 Å². The molecule has 0 aliphatic carbocycles. The summed E-state index contributed by atoms with van der Waals surface area (Å²) in [5.41, 5.74) is 2.35. The number of rotatable bonds is 4. The van der Waals surface area contributed by atoms with Gasteiger partial charge >= 0.3 is 0 Å². The molecule has 2 aromatic rings. The van der Waals surface area contributed by atoms with Gasteiger partial charge in [0.1, 0.15) is 17.6 Å². The number of benzene rings is 2. The molecule has 0 saturated carbocycles. The summed E-state index contributed by atoms with van der Waals surface area (Å²) in [5.74, 6) is 1.85. The van der Waals surface area contributed by atoms with Crippen LogP contribution in [0.2, 0.25) is 0 Å². The zero-order valence-corrected chi connectivity index (χ0v) is 12.5. The first-order valence-electron chi connectivity index (χ1n) is 7.45. The van der Waals surface area contributed by atoms with Crippen molar-refractivity contribution < 1.29 is 9.47 Å². The summed E-state index contributed by atoms with van der Waals surface area (Å²) in [4.78, 5) is 0. The average Bonchev–Trinajstić information content (AvgIpc) is 2.55. The number of ether oxygens (including phenoxy) is 2. The minimum absolute atomic E-state index is 0.0140. The third-order valence-electron chi connectivity index (χ3n) is 3.95. The number of hydrogen-bond donors (Lipinski definition) is 1. The van der Waals surface area contributed by atoms with Crippen molar-refractivity contribution in [2.45, 2.75) is 25.5 Å². The maximum atomic E-state index is 6.22. The standard InChI is InChI=1S/C18H21NO2/c1-3-19-15-12-18(14-9-5-6-10-16(14)20-2)21-17-11-7-4-8-13(15)17/h4-11,15,18-19H,3,12H2,1-2H3. The second-order valence-corrected chi connectivity index (χ2v) is 5.23. The van der Waals surface area contributed by atoms with Crippen molar-refractivity contribution in [3.63, 3.8) is 0 Å². The van der Waals surface area contributed by atoms with Crippen LogP contribution in [-0.4, -0.2) is 13.7 Å². The van der Waals surface area contributed by atoms with E-state index in [-0.39, 0.29) is 6.10 Å². The molecule has 0 amide bonds. The SMILES string of the molecule is CCNC1CC(c2ccccc2OC)Oc2ccccc21. The lowest BCUT2D eigenvalue weighted by molar-refractivity contribution is 0.149. The van der Waals surface area contributed by atoms with Crippen LogP contribution >= 0.6 is 0 Å². The molecule has 0 bridgehead atoms. The molecule has 0 spiro atoms. The van der Waals surface area contributed by atoms with Gasteiger partial charge in [-0.25, -0.2) is 0 Å². The second-order valence-electron chi connectivity index (χ2n) is 5.23. The Kier molecular flexibility index (Phi) is 4.11.